The highest BCUT2D eigenvalue weighted by atomic mass is 16.5. The lowest BCUT2D eigenvalue weighted by Gasteiger charge is -2.18. The second-order valence-electron chi connectivity index (χ2n) is 6.80. The van der Waals surface area contributed by atoms with Gasteiger partial charge < -0.3 is 26.2 Å². The predicted octanol–water partition coefficient (Wildman–Crippen LogP) is 0.748. The molecule has 0 fully saturated rings. The summed E-state index contributed by atoms with van der Waals surface area (Å²) in [5, 5.41) is 24.0. The molecule has 9 nitrogen and oxygen atoms in total. The number of carbonyl (C=O) groups is 3. The van der Waals surface area contributed by atoms with Crippen molar-refractivity contribution in [1.29, 1.82) is 5.26 Å². The molecule has 2 aromatic carbocycles. The molecule has 0 saturated heterocycles. The molecule has 2 rings (SSSR count). The normalized spacial score (nSPS) is 12.1. The Morgan fingerprint density at radius 1 is 1.10 bits per heavy atom. The topological polar surface area (TPSA) is 155 Å². The molecule has 0 spiro atoms. The Morgan fingerprint density at radius 2 is 1.77 bits per heavy atom. The highest BCUT2D eigenvalue weighted by Crippen LogP contribution is 2.10. The van der Waals surface area contributed by atoms with Gasteiger partial charge in [-0.25, -0.2) is 4.79 Å². The molecule has 3 amide bonds. The Balaban J connectivity index is 1.78. The number of alkyl carbamates (subject to hydrolysis) is 1. The summed E-state index contributed by atoms with van der Waals surface area (Å²) >= 11 is 0. The van der Waals surface area contributed by atoms with E-state index in [4.69, 9.17) is 15.7 Å². The van der Waals surface area contributed by atoms with Gasteiger partial charge in [-0.3, -0.25) is 9.59 Å². The van der Waals surface area contributed by atoms with E-state index in [1.54, 1.807) is 36.4 Å². The summed E-state index contributed by atoms with van der Waals surface area (Å²) in [5.41, 5.74) is 7.12. The van der Waals surface area contributed by atoms with Crippen molar-refractivity contribution in [2.75, 3.05) is 6.54 Å². The van der Waals surface area contributed by atoms with Crippen molar-refractivity contribution in [1.82, 2.24) is 10.6 Å². The Kier molecular flexibility index (Phi) is 9.01. The molecular formula is C22H24N4O5. The number of nitrogens with two attached hydrogens (primary N) is 1. The summed E-state index contributed by atoms with van der Waals surface area (Å²) in [4.78, 5) is 35.6. The summed E-state index contributed by atoms with van der Waals surface area (Å²) in [7, 11) is 0. The molecule has 2 atom stereocenters. The van der Waals surface area contributed by atoms with Gasteiger partial charge in [0.1, 0.15) is 12.6 Å². The molecule has 31 heavy (non-hydrogen) atoms. The fourth-order valence-electron chi connectivity index (χ4n) is 2.76. The summed E-state index contributed by atoms with van der Waals surface area (Å²) in [5.74, 6) is -1.39. The Hall–Kier alpha value is -3.90. The Labute approximate surface area is 179 Å². The average Bonchev–Trinajstić information content (AvgIpc) is 2.76. The number of benzene rings is 2. The first-order valence-corrected chi connectivity index (χ1v) is 9.58. The van der Waals surface area contributed by atoms with Crippen molar-refractivity contribution in [2.24, 2.45) is 5.73 Å². The molecule has 0 bridgehead atoms. The number of aliphatic hydroxyl groups is 1. The van der Waals surface area contributed by atoms with Crippen LogP contribution in [0.1, 0.15) is 23.1 Å². The van der Waals surface area contributed by atoms with E-state index in [2.05, 4.69) is 10.6 Å². The number of nitriles is 1. The lowest BCUT2D eigenvalue weighted by Crippen LogP contribution is -2.47. The Morgan fingerprint density at radius 3 is 2.45 bits per heavy atom. The van der Waals surface area contributed by atoms with E-state index >= 15 is 0 Å². The summed E-state index contributed by atoms with van der Waals surface area (Å²) < 4.78 is 5.02. The van der Waals surface area contributed by atoms with Crippen LogP contribution in [0, 0.1) is 11.3 Å². The van der Waals surface area contributed by atoms with E-state index in [1.807, 2.05) is 24.3 Å². The van der Waals surface area contributed by atoms with Crippen molar-refractivity contribution in [2.45, 2.75) is 31.6 Å². The van der Waals surface area contributed by atoms with Gasteiger partial charge in [-0.1, -0.05) is 48.5 Å². The summed E-state index contributed by atoms with van der Waals surface area (Å²) in [6, 6.07) is 16.7. The van der Waals surface area contributed by atoms with Crippen LogP contribution in [0.2, 0.25) is 0 Å². The minimum atomic E-state index is -1.19. The van der Waals surface area contributed by atoms with Gasteiger partial charge in [0, 0.05) is 13.0 Å². The number of rotatable bonds is 10. The summed E-state index contributed by atoms with van der Waals surface area (Å²) in [6.07, 6.45) is -2.23. The van der Waals surface area contributed by atoms with Crippen LogP contribution in [0.25, 0.3) is 0 Å². The predicted molar refractivity (Wildman–Crippen MR) is 111 cm³/mol. The fourth-order valence-corrected chi connectivity index (χ4v) is 2.76. The second-order valence-corrected chi connectivity index (χ2v) is 6.80. The van der Waals surface area contributed by atoms with E-state index in [0.717, 1.165) is 5.56 Å². The standard InChI is InChI=1S/C22H24N4O5/c23-12-17-9-5-4-8-16(17)10-19(21(24)29)26-20(28)11-18(27)13-25-22(30)31-14-15-6-2-1-3-7-15/h1-9,18-19,27H,10-11,13-14H2,(H2,24,29)(H,25,30)(H,26,28)/t18-,19-/m0/s1. The molecular weight excluding hydrogens is 400 g/mol. The van der Waals surface area contributed by atoms with Crippen LogP contribution in [0.4, 0.5) is 4.79 Å². The van der Waals surface area contributed by atoms with Crippen molar-refractivity contribution in [3.8, 4) is 6.07 Å². The third-order valence-corrected chi connectivity index (χ3v) is 4.36. The number of amides is 3. The van der Waals surface area contributed by atoms with Crippen LogP contribution in [-0.2, 0) is 27.4 Å². The number of primary amides is 1. The highest BCUT2D eigenvalue weighted by molar-refractivity contribution is 5.87. The number of ether oxygens (including phenoxy) is 1. The molecule has 0 unspecified atom stereocenters. The monoisotopic (exact) mass is 424 g/mol. The number of carbonyl (C=O) groups excluding carboxylic acids is 3. The Bertz CT molecular complexity index is 942. The quantitative estimate of drug-likeness (QED) is 0.441. The number of aliphatic hydroxyl groups excluding tert-OH is 1. The lowest BCUT2D eigenvalue weighted by atomic mass is 10.0. The van der Waals surface area contributed by atoms with Crippen molar-refractivity contribution >= 4 is 17.9 Å². The van der Waals surface area contributed by atoms with Crippen LogP contribution < -0.4 is 16.4 Å². The first kappa shape index (κ1) is 23.4. The zero-order chi connectivity index (χ0) is 22.6. The minimum absolute atomic E-state index is 0.0466. The van der Waals surface area contributed by atoms with Crippen LogP contribution in [0.5, 0.6) is 0 Å². The first-order valence-electron chi connectivity index (χ1n) is 9.58. The SMILES string of the molecule is N#Cc1ccccc1C[C@H](NC(=O)C[C@H](O)CNC(=O)OCc1ccccc1)C(N)=O. The smallest absolute Gasteiger partial charge is 0.407 e. The van der Waals surface area contributed by atoms with Crippen LogP contribution in [0.15, 0.2) is 54.6 Å². The maximum absolute atomic E-state index is 12.2. The van der Waals surface area contributed by atoms with E-state index in [-0.39, 0.29) is 26.0 Å². The zero-order valence-corrected chi connectivity index (χ0v) is 16.8. The van der Waals surface area contributed by atoms with Crippen molar-refractivity contribution < 1.29 is 24.2 Å². The van der Waals surface area contributed by atoms with E-state index < -0.39 is 30.1 Å². The molecule has 2 aromatic rings. The van der Waals surface area contributed by atoms with Crippen molar-refractivity contribution in [3.63, 3.8) is 0 Å². The van der Waals surface area contributed by atoms with Crippen LogP contribution >= 0.6 is 0 Å². The molecule has 0 aliphatic rings. The van der Waals surface area contributed by atoms with E-state index in [9.17, 15) is 19.5 Å². The average molecular weight is 424 g/mol. The molecule has 5 N–H and O–H groups in total. The van der Waals surface area contributed by atoms with Crippen molar-refractivity contribution in [3.05, 3.63) is 71.3 Å². The van der Waals surface area contributed by atoms with Gasteiger partial charge in [0.25, 0.3) is 0 Å². The van der Waals surface area contributed by atoms with Gasteiger partial charge in [-0.05, 0) is 17.2 Å². The van der Waals surface area contributed by atoms with Crippen LogP contribution in [0.3, 0.4) is 0 Å². The van der Waals surface area contributed by atoms with Gasteiger partial charge in [0.05, 0.1) is 24.2 Å². The molecule has 0 saturated carbocycles. The number of nitrogens with one attached hydrogen (secondary N) is 2. The van der Waals surface area contributed by atoms with Crippen LogP contribution in [-0.4, -0.2) is 41.7 Å². The lowest BCUT2D eigenvalue weighted by molar-refractivity contribution is -0.128. The molecule has 0 radical (unpaired) electrons. The second kappa shape index (κ2) is 11.9. The van der Waals surface area contributed by atoms with E-state index in [0.29, 0.717) is 11.1 Å². The van der Waals surface area contributed by atoms with Gasteiger partial charge in [-0.15, -0.1) is 0 Å². The minimum Gasteiger partial charge on any atom is -0.445 e. The van der Waals surface area contributed by atoms with Gasteiger partial charge in [0.15, 0.2) is 0 Å². The summed E-state index contributed by atoms with van der Waals surface area (Å²) in [6.45, 7) is -0.132. The first-order chi connectivity index (χ1) is 14.9. The molecule has 162 valence electrons. The maximum atomic E-state index is 12.2. The van der Waals surface area contributed by atoms with Gasteiger partial charge in [0.2, 0.25) is 11.8 Å². The number of hydrogen-bond donors (Lipinski definition) is 4. The van der Waals surface area contributed by atoms with Gasteiger partial charge >= 0.3 is 6.09 Å². The third kappa shape index (κ3) is 8.16. The fraction of sp³-hybridized carbons (Fsp3) is 0.273. The highest BCUT2D eigenvalue weighted by Gasteiger charge is 2.21. The molecule has 0 heterocycles. The molecule has 0 aromatic heterocycles. The van der Waals surface area contributed by atoms with E-state index in [1.165, 1.54) is 0 Å². The molecule has 9 heteroatoms. The number of nitrogens with zero attached hydrogens (tertiary/aromatic N) is 1. The maximum Gasteiger partial charge on any atom is 0.407 e. The largest absolute Gasteiger partial charge is 0.445 e. The third-order valence-electron chi connectivity index (χ3n) is 4.36. The molecule has 0 aliphatic carbocycles. The zero-order valence-electron chi connectivity index (χ0n) is 16.8. The van der Waals surface area contributed by atoms with Gasteiger partial charge in [-0.2, -0.15) is 5.26 Å². The number of hydrogen-bond acceptors (Lipinski definition) is 6. The molecule has 0 aliphatic heterocycles.